The molecule has 0 atom stereocenters. The van der Waals surface area contributed by atoms with Crippen LogP contribution in [-0.4, -0.2) is 11.7 Å². The van der Waals surface area contributed by atoms with Crippen molar-refractivity contribution in [2.45, 2.75) is 19.3 Å². The summed E-state index contributed by atoms with van der Waals surface area (Å²) in [7, 11) is 0. The van der Waals surface area contributed by atoms with E-state index < -0.39 is 0 Å². The van der Waals surface area contributed by atoms with Crippen molar-refractivity contribution in [3.63, 3.8) is 0 Å². The van der Waals surface area contributed by atoms with Gasteiger partial charge >= 0.3 is 0 Å². The molecule has 0 radical (unpaired) electrons. The van der Waals surface area contributed by atoms with Crippen LogP contribution in [-0.2, 0) is 5.41 Å². The third-order valence-corrected chi connectivity index (χ3v) is 3.23. The molecule has 0 aliphatic rings. The highest BCUT2D eigenvalue weighted by Crippen LogP contribution is 2.29. The Kier molecular flexibility index (Phi) is 3.48. The van der Waals surface area contributed by atoms with Crippen LogP contribution < -0.4 is 0 Å². The Balaban J connectivity index is 2.52. The van der Waals surface area contributed by atoms with E-state index in [4.69, 9.17) is 0 Å². The number of benzene rings is 2. The Morgan fingerprint density at radius 1 is 1.06 bits per heavy atom. The van der Waals surface area contributed by atoms with Gasteiger partial charge in [-0.25, -0.2) is 4.39 Å². The van der Waals surface area contributed by atoms with Crippen LogP contribution in [0.25, 0.3) is 11.1 Å². The van der Waals surface area contributed by atoms with Crippen LogP contribution >= 0.6 is 0 Å². The molecule has 0 spiro atoms. The molecule has 0 aliphatic heterocycles. The Labute approximate surface area is 107 Å². The van der Waals surface area contributed by atoms with E-state index in [-0.39, 0.29) is 17.8 Å². The molecule has 18 heavy (non-hydrogen) atoms. The standard InChI is InChI=1S/C16H17FO/c1-16(2,11-18)13-8-9-15(17)14(10-13)12-6-4-3-5-7-12/h3-10,18H,11H2,1-2H3. The third kappa shape index (κ3) is 2.44. The lowest BCUT2D eigenvalue weighted by Gasteiger charge is -2.23. The molecular formula is C16H17FO. The first kappa shape index (κ1) is 12.8. The molecular weight excluding hydrogens is 227 g/mol. The molecule has 0 aromatic heterocycles. The predicted octanol–water partition coefficient (Wildman–Crippen LogP) is 3.76. The fourth-order valence-electron chi connectivity index (χ4n) is 1.88. The lowest BCUT2D eigenvalue weighted by molar-refractivity contribution is 0.218. The molecule has 94 valence electrons. The van der Waals surface area contributed by atoms with E-state index >= 15 is 0 Å². The zero-order valence-corrected chi connectivity index (χ0v) is 10.7. The first-order valence-corrected chi connectivity index (χ1v) is 6.01. The van der Waals surface area contributed by atoms with Crippen LogP contribution in [0.5, 0.6) is 0 Å². The Bertz CT molecular complexity index is 532. The molecule has 0 unspecified atom stereocenters. The van der Waals surface area contributed by atoms with Crippen molar-refractivity contribution in [1.82, 2.24) is 0 Å². The summed E-state index contributed by atoms with van der Waals surface area (Å²) < 4.78 is 13.9. The minimum absolute atomic E-state index is 0.0346. The average Bonchev–Trinajstić information content (AvgIpc) is 2.40. The van der Waals surface area contributed by atoms with E-state index in [2.05, 4.69) is 0 Å². The summed E-state index contributed by atoms with van der Waals surface area (Å²) in [4.78, 5) is 0. The van der Waals surface area contributed by atoms with Gasteiger partial charge in [-0.1, -0.05) is 50.2 Å². The highest BCUT2D eigenvalue weighted by atomic mass is 19.1. The summed E-state index contributed by atoms with van der Waals surface area (Å²) in [6, 6.07) is 14.5. The second-order valence-corrected chi connectivity index (χ2v) is 5.10. The van der Waals surface area contributed by atoms with Gasteiger partial charge < -0.3 is 5.11 Å². The van der Waals surface area contributed by atoms with Crippen LogP contribution in [0, 0.1) is 5.82 Å². The lowest BCUT2D eigenvalue weighted by atomic mass is 9.84. The number of rotatable bonds is 3. The van der Waals surface area contributed by atoms with Crippen molar-refractivity contribution in [1.29, 1.82) is 0 Å². The van der Waals surface area contributed by atoms with Gasteiger partial charge in [-0.05, 0) is 23.3 Å². The van der Waals surface area contributed by atoms with Crippen molar-refractivity contribution in [2.75, 3.05) is 6.61 Å². The summed E-state index contributed by atoms with van der Waals surface area (Å²) in [5.41, 5.74) is 2.00. The minimum Gasteiger partial charge on any atom is -0.395 e. The van der Waals surface area contributed by atoms with Crippen LogP contribution in [0.15, 0.2) is 48.5 Å². The smallest absolute Gasteiger partial charge is 0.131 e. The molecule has 2 aromatic rings. The molecule has 0 fully saturated rings. The number of hydrogen-bond acceptors (Lipinski definition) is 1. The van der Waals surface area contributed by atoms with Gasteiger partial charge in [0.1, 0.15) is 5.82 Å². The topological polar surface area (TPSA) is 20.2 Å². The molecule has 0 bridgehead atoms. The van der Waals surface area contributed by atoms with Crippen molar-refractivity contribution in [3.05, 3.63) is 59.9 Å². The molecule has 1 nitrogen and oxygen atoms in total. The van der Waals surface area contributed by atoms with E-state index in [0.717, 1.165) is 11.1 Å². The summed E-state index contributed by atoms with van der Waals surface area (Å²) in [5, 5.41) is 9.38. The molecule has 2 heteroatoms. The highest BCUT2D eigenvalue weighted by Gasteiger charge is 2.20. The fraction of sp³-hybridized carbons (Fsp3) is 0.250. The number of aliphatic hydroxyl groups excluding tert-OH is 1. The lowest BCUT2D eigenvalue weighted by Crippen LogP contribution is -2.22. The van der Waals surface area contributed by atoms with Gasteiger partial charge in [0.15, 0.2) is 0 Å². The monoisotopic (exact) mass is 244 g/mol. The van der Waals surface area contributed by atoms with E-state index in [1.54, 1.807) is 6.07 Å². The molecule has 0 heterocycles. The van der Waals surface area contributed by atoms with Crippen LogP contribution in [0.3, 0.4) is 0 Å². The van der Waals surface area contributed by atoms with Crippen LogP contribution in [0.1, 0.15) is 19.4 Å². The van der Waals surface area contributed by atoms with E-state index in [9.17, 15) is 9.50 Å². The first-order valence-electron chi connectivity index (χ1n) is 6.01. The van der Waals surface area contributed by atoms with E-state index in [1.165, 1.54) is 6.07 Å². The van der Waals surface area contributed by atoms with Crippen LogP contribution in [0.4, 0.5) is 4.39 Å². The fourth-order valence-corrected chi connectivity index (χ4v) is 1.88. The molecule has 1 N–H and O–H groups in total. The minimum atomic E-state index is -0.364. The van der Waals surface area contributed by atoms with Gasteiger partial charge in [0, 0.05) is 11.0 Å². The molecule has 2 aromatic carbocycles. The van der Waals surface area contributed by atoms with Crippen molar-refractivity contribution in [2.24, 2.45) is 0 Å². The van der Waals surface area contributed by atoms with E-state index in [0.29, 0.717) is 5.56 Å². The van der Waals surface area contributed by atoms with Gasteiger partial charge in [-0.15, -0.1) is 0 Å². The number of halogens is 1. The van der Waals surface area contributed by atoms with Gasteiger partial charge in [0.05, 0.1) is 6.61 Å². The number of aliphatic hydroxyl groups is 1. The summed E-state index contributed by atoms with van der Waals surface area (Å²) in [5.74, 6) is -0.237. The first-order chi connectivity index (χ1) is 8.54. The molecule has 0 amide bonds. The normalized spacial score (nSPS) is 11.6. The van der Waals surface area contributed by atoms with Gasteiger partial charge in [-0.3, -0.25) is 0 Å². The average molecular weight is 244 g/mol. The predicted molar refractivity (Wildman–Crippen MR) is 71.9 cm³/mol. The van der Waals surface area contributed by atoms with Gasteiger partial charge in [-0.2, -0.15) is 0 Å². The quantitative estimate of drug-likeness (QED) is 0.871. The molecule has 0 saturated carbocycles. The molecule has 0 saturated heterocycles. The zero-order chi connectivity index (χ0) is 13.2. The SMILES string of the molecule is CC(C)(CO)c1ccc(F)c(-c2ccccc2)c1. The summed E-state index contributed by atoms with van der Waals surface area (Å²) >= 11 is 0. The third-order valence-electron chi connectivity index (χ3n) is 3.23. The molecule has 0 aliphatic carbocycles. The van der Waals surface area contributed by atoms with E-state index in [1.807, 2.05) is 50.2 Å². The number of hydrogen-bond donors (Lipinski definition) is 1. The Hall–Kier alpha value is -1.67. The highest BCUT2D eigenvalue weighted by molar-refractivity contribution is 5.65. The largest absolute Gasteiger partial charge is 0.395 e. The van der Waals surface area contributed by atoms with Gasteiger partial charge in [0.2, 0.25) is 0 Å². The van der Waals surface area contributed by atoms with Crippen molar-refractivity contribution >= 4 is 0 Å². The summed E-state index contributed by atoms with van der Waals surface area (Å²) in [6.07, 6.45) is 0. The summed E-state index contributed by atoms with van der Waals surface area (Å²) in [6.45, 7) is 3.91. The van der Waals surface area contributed by atoms with Crippen molar-refractivity contribution in [3.8, 4) is 11.1 Å². The van der Waals surface area contributed by atoms with Crippen LogP contribution in [0.2, 0.25) is 0 Å². The maximum atomic E-state index is 13.9. The maximum Gasteiger partial charge on any atom is 0.131 e. The Morgan fingerprint density at radius 2 is 1.72 bits per heavy atom. The second-order valence-electron chi connectivity index (χ2n) is 5.10. The second kappa shape index (κ2) is 4.91. The van der Waals surface area contributed by atoms with Crippen molar-refractivity contribution < 1.29 is 9.50 Å². The maximum absolute atomic E-state index is 13.9. The molecule has 2 rings (SSSR count). The zero-order valence-electron chi connectivity index (χ0n) is 10.7. The Morgan fingerprint density at radius 3 is 2.33 bits per heavy atom. The van der Waals surface area contributed by atoms with Gasteiger partial charge in [0.25, 0.3) is 0 Å².